The van der Waals surface area contributed by atoms with Crippen molar-refractivity contribution < 1.29 is 23.1 Å². The fourth-order valence-corrected chi connectivity index (χ4v) is 2.71. The van der Waals surface area contributed by atoms with Gasteiger partial charge in [0.25, 0.3) is 5.91 Å². The number of amides is 1. The van der Waals surface area contributed by atoms with Crippen LogP contribution in [-0.4, -0.2) is 35.1 Å². The first-order valence-electron chi connectivity index (χ1n) is 7.03. The molecule has 6 heteroatoms. The van der Waals surface area contributed by atoms with E-state index in [0.29, 0.717) is 13.0 Å². The molecular formula is C15H18F3NO2. The van der Waals surface area contributed by atoms with Crippen molar-refractivity contribution in [2.45, 2.75) is 37.9 Å². The van der Waals surface area contributed by atoms with Gasteiger partial charge in [-0.25, -0.2) is 0 Å². The number of nitrogens with zero attached hydrogens (tertiary/aromatic N) is 1. The number of hydrogen-bond donors (Lipinski definition) is 1. The van der Waals surface area contributed by atoms with E-state index in [0.717, 1.165) is 25.3 Å². The summed E-state index contributed by atoms with van der Waals surface area (Å²) in [5, 5.41) is 9.40. The third-order valence-corrected chi connectivity index (χ3v) is 3.81. The predicted octanol–water partition coefficient (Wildman–Crippen LogP) is 3.08. The summed E-state index contributed by atoms with van der Waals surface area (Å²) in [6.45, 7) is 0.163. The molecule has 1 aliphatic rings. The van der Waals surface area contributed by atoms with Gasteiger partial charge in [0.2, 0.25) is 0 Å². The fraction of sp³-hybridized carbons (Fsp3) is 0.533. The quantitative estimate of drug-likeness (QED) is 0.912. The van der Waals surface area contributed by atoms with Crippen molar-refractivity contribution >= 4 is 5.91 Å². The molecule has 0 radical (unpaired) electrons. The first-order valence-corrected chi connectivity index (χ1v) is 7.03. The summed E-state index contributed by atoms with van der Waals surface area (Å²) in [5.41, 5.74) is -1.26. The lowest BCUT2D eigenvalue weighted by molar-refractivity contribution is -0.138. The summed E-state index contributed by atoms with van der Waals surface area (Å²) in [4.78, 5) is 13.9. The third-order valence-electron chi connectivity index (χ3n) is 3.81. The molecule has 1 unspecified atom stereocenters. The van der Waals surface area contributed by atoms with E-state index in [-0.39, 0.29) is 12.2 Å². The Kier molecular flexibility index (Phi) is 4.88. The van der Waals surface area contributed by atoms with E-state index >= 15 is 0 Å². The Morgan fingerprint density at radius 2 is 1.95 bits per heavy atom. The molecule has 3 nitrogen and oxygen atoms in total. The average Bonchev–Trinajstić information content (AvgIpc) is 2.70. The molecule has 0 saturated carbocycles. The summed E-state index contributed by atoms with van der Waals surface area (Å²) in [6.07, 6.45) is -1.41. The first kappa shape index (κ1) is 15.8. The molecule has 1 heterocycles. The zero-order valence-corrected chi connectivity index (χ0v) is 11.6. The predicted molar refractivity (Wildman–Crippen MR) is 71.8 cm³/mol. The van der Waals surface area contributed by atoms with E-state index in [9.17, 15) is 23.1 Å². The highest BCUT2D eigenvalue weighted by molar-refractivity contribution is 5.96. The van der Waals surface area contributed by atoms with Gasteiger partial charge in [-0.05, 0) is 25.0 Å². The van der Waals surface area contributed by atoms with E-state index in [4.69, 9.17) is 0 Å². The standard InChI is InChI=1S/C15H18F3NO2/c16-15(17,18)13-8-4-3-7-12(13)14(21)19-9-5-1-2-6-11(19)10-20/h3-4,7-8,11,20H,1-2,5-6,9-10H2. The highest BCUT2D eigenvalue weighted by Gasteiger charge is 2.37. The zero-order valence-electron chi connectivity index (χ0n) is 11.6. The average molecular weight is 301 g/mol. The highest BCUT2D eigenvalue weighted by atomic mass is 19.4. The number of benzene rings is 1. The molecule has 2 rings (SSSR count). The molecule has 1 aromatic carbocycles. The number of hydrogen-bond acceptors (Lipinski definition) is 2. The third kappa shape index (κ3) is 3.56. The first-order chi connectivity index (χ1) is 9.95. The van der Waals surface area contributed by atoms with Crippen LogP contribution in [0.25, 0.3) is 0 Å². The maximum Gasteiger partial charge on any atom is 0.417 e. The number of halogens is 3. The molecule has 21 heavy (non-hydrogen) atoms. The number of carbonyl (C=O) groups is 1. The Hall–Kier alpha value is -1.56. The van der Waals surface area contributed by atoms with Crippen molar-refractivity contribution in [1.82, 2.24) is 4.90 Å². The minimum Gasteiger partial charge on any atom is -0.394 e. The number of likely N-dealkylation sites (tertiary alicyclic amines) is 1. The van der Waals surface area contributed by atoms with Crippen LogP contribution >= 0.6 is 0 Å². The molecule has 1 amide bonds. The molecular weight excluding hydrogens is 283 g/mol. The van der Waals surface area contributed by atoms with Crippen molar-refractivity contribution in [3.8, 4) is 0 Å². The van der Waals surface area contributed by atoms with Gasteiger partial charge in [0, 0.05) is 6.54 Å². The van der Waals surface area contributed by atoms with Crippen LogP contribution in [-0.2, 0) is 6.18 Å². The minimum absolute atomic E-state index is 0.222. The van der Waals surface area contributed by atoms with Crippen molar-refractivity contribution in [3.63, 3.8) is 0 Å². The number of carbonyl (C=O) groups excluding carboxylic acids is 1. The van der Waals surface area contributed by atoms with E-state index in [1.165, 1.54) is 23.1 Å². The maximum absolute atomic E-state index is 13.0. The molecule has 1 atom stereocenters. The molecule has 0 aromatic heterocycles. The van der Waals surface area contributed by atoms with Gasteiger partial charge < -0.3 is 10.0 Å². The van der Waals surface area contributed by atoms with E-state index in [1.54, 1.807) is 0 Å². The molecule has 0 bridgehead atoms. The maximum atomic E-state index is 13.0. The van der Waals surface area contributed by atoms with Crippen molar-refractivity contribution in [1.29, 1.82) is 0 Å². The van der Waals surface area contributed by atoms with Gasteiger partial charge in [0.1, 0.15) is 0 Å². The van der Waals surface area contributed by atoms with Gasteiger partial charge in [0.15, 0.2) is 0 Å². The lowest BCUT2D eigenvalue weighted by atomic mass is 10.0. The summed E-state index contributed by atoms with van der Waals surface area (Å²) in [6, 6.07) is 4.41. The van der Waals surface area contributed by atoms with Crippen LogP contribution in [0.3, 0.4) is 0 Å². The largest absolute Gasteiger partial charge is 0.417 e. The van der Waals surface area contributed by atoms with Gasteiger partial charge >= 0.3 is 6.18 Å². The second kappa shape index (κ2) is 6.47. The van der Waals surface area contributed by atoms with E-state index in [2.05, 4.69) is 0 Å². The zero-order chi connectivity index (χ0) is 15.5. The lowest BCUT2D eigenvalue weighted by Gasteiger charge is -2.29. The van der Waals surface area contributed by atoms with Crippen LogP contribution in [0.1, 0.15) is 41.6 Å². The van der Waals surface area contributed by atoms with Crippen LogP contribution in [0.15, 0.2) is 24.3 Å². The normalized spacial score (nSPS) is 20.2. The van der Waals surface area contributed by atoms with Crippen molar-refractivity contribution in [3.05, 3.63) is 35.4 Å². The molecule has 1 fully saturated rings. The van der Waals surface area contributed by atoms with Gasteiger partial charge in [-0.15, -0.1) is 0 Å². The highest BCUT2D eigenvalue weighted by Crippen LogP contribution is 2.33. The van der Waals surface area contributed by atoms with Crippen LogP contribution in [0, 0.1) is 0 Å². The Morgan fingerprint density at radius 1 is 1.24 bits per heavy atom. The number of alkyl halides is 3. The lowest BCUT2D eigenvalue weighted by Crippen LogP contribution is -2.42. The minimum atomic E-state index is -4.56. The molecule has 1 aliphatic heterocycles. The van der Waals surface area contributed by atoms with Gasteiger partial charge in [-0.3, -0.25) is 4.79 Å². The smallest absolute Gasteiger partial charge is 0.394 e. The van der Waals surface area contributed by atoms with E-state index < -0.39 is 23.7 Å². The van der Waals surface area contributed by atoms with Gasteiger partial charge in [-0.1, -0.05) is 25.0 Å². The second-order valence-corrected chi connectivity index (χ2v) is 5.23. The molecule has 1 saturated heterocycles. The van der Waals surface area contributed by atoms with E-state index in [1.807, 2.05) is 0 Å². The van der Waals surface area contributed by atoms with Crippen molar-refractivity contribution in [2.24, 2.45) is 0 Å². The van der Waals surface area contributed by atoms with Gasteiger partial charge in [0.05, 0.1) is 23.8 Å². The second-order valence-electron chi connectivity index (χ2n) is 5.23. The van der Waals surface area contributed by atoms with Crippen LogP contribution < -0.4 is 0 Å². The fourth-order valence-electron chi connectivity index (χ4n) is 2.71. The number of aliphatic hydroxyl groups excluding tert-OH is 1. The molecule has 0 spiro atoms. The van der Waals surface area contributed by atoms with Crippen LogP contribution in [0.5, 0.6) is 0 Å². The SMILES string of the molecule is O=C(c1ccccc1C(F)(F)F)N1CCCCCC1CO. The van der Waals surface area contributed by atoms with Crippen molar-refractivity contribution in [2.75, 3.05) is 13.2 Å². The van der Waals surface area contributed by atoms with Gasteiger partial charge in [-0.2, -0.15) is 13.2 Å². The summed E-state index contributed by atoms with van der Waals surface area (Å²) >= 11 is 0. The molecule has 0 aliphatic carbocycles. The summed E-state index contributed by atoms with van der Waals surface area (Å²) in [5.74, 6) is -0.649. The Labute approximate surface area is 121 Å². The summed E-state index contributed by atoms with van der Waals surface area (Å²) < 4.78 is 39.0. The Bertz CT molecular complexity index is 502. The molecule has 116 valence electrons. The van der Waals surface area contributed by atoms with Crippen LogP contribution in [0.2, 0.25) is 0 Å². The Balaban J connectivity index is 2.34. The Morgan fingerprint density at radius 3 is 2.62 bits per heavy atom. The molecule has 1 N–H and O–H groups in total. The number of aliphatic hydroxyl groups is 1. The monoisotopic (exact) mass is 301 g/mol. The number of rotatable bonds is 2. The molecule has 1 aromatic rings. The van der Waals surface area contributed by atoms with Crippen LogP contribution in [0.4, 0.5) is 13.2 Å². The summed E-state index contributed by atoms with van der Waals surface area (Å²) in [7, 11) is 0. The topological polar surface area (TPSA) is 40.5 Å².